The molecule has 1 saturated heterocycles. The molecule has 256 valence electrons. The number of aromatic nitrogens is 1. The lowest BCUT2D eigenvalue weighted by Crippen LogP contribution is -2.35. The summed E-state index contributed by atoms with van der Waals surface area (Å²) in [5, 5.41) is 4.90. The molecule has 0 spiro atoms. The van der Waals surface area contributed by atoms with Crippen molar-refractivity contribution < 1.29 is 54.5 Å². The molecule has 9 nitrogen and oxygen atoms in total. The van der Waals surface area contributed by atoms with Crippen LogP contribution in [0.5, 0.6) is 11.5 Å². The van der Waals surface area contributed by atoms with Crippen molar-refractivity contribution in [1.29, 1.82) is 0 Å². The van der Waals surface area contributed by atoms with Gasteiger partial charge in [0.25, 0.3) is 5.91 Å². The molecule has 2 N–H and O–H groups in total. The Morgan fingerprint density at radius 3 is 2.36 bits per heavy atom. The second-order valence-electron chi connectivity index (χ2n) is 11.0. The predicted molar refractivity (Wildman–Crippen MR) is 155 cm³/mol. The van der Waals surface area contributed by atoms with Crippen LogP contribution in [0.3, 0.4) is 0 Å². The third-order valence-corrected chi connectivity index (χ3v) is 7.80. The number of carbonyl (C=O) groups is 2. The van der Waals surface area contributed by atoms with E-state index in [0.717, 1.165) is 19.2 Å². The third kappa shape index (κ3) is 8.34. The van der Waals surface area contributed by atoms with Crippen molar-refractivity contribution in [2.75, 3.05) is 26.8 Å². The molecular formula is C31H32F7N3O6. The number of fused-ring (bicyclic) bond motifs is 1. The van der Waals surface area contributed by atoms with Crippen LogP contribution in [0.15, 0.2) is 35.3 Å². The van der Waals surface area contributed by atoms with E-state index in [1.165, 1.54) is 13.0 Å². The smallest absolute Gasteiger partial charge is 0.494 e. The fourth-order valence-corrected chi connectivity index (χ4v) is 5.78. The molecule has 1 aliphatic rings. The molecule has 1 aromatic heterocycles. The molecule has 4 rings (SSSR count). The average molecular weight is 676 g/mol. The number of rotatable bonds is 10. The highest BCUT2D eigenvalue weighted by Crippen LogP contribution is 2.42. The first-order chi connectivity index (χ1) is 22.0. The van der Waals surface area contributed by atoms with Crippen LogP contribution < -0.4 is 25.5 Å². The summed E-state index contributed by atoms with van der Waals surface area (Å²) in [6.45, 7) is 1.93. The van der Waals surface area contributed by atoms with E-state index in [-0.39, 0.29) is 24.3 Å². The molecule has 3 aromatic rings. The SMILES string of the molecule is CCOC(=O)C(c1c(F)cc2c(=O)c(C(=O)NCc3ccc(OC(F)(F)F)cc3C)cn(CC(F)(F)F)c2c1OC)C1CCNCC1. The molecule has 2 heterocycles. The highest BCUT2D eigenvalue weighted by Gasteiger charge is 2.39. The first kappa shape index (κ1) is 35.5. The van der Waals surface area contributed by atoms with Crippen LogP contribution in [0, 0.1) is 18.7 Å². The number of nitrogens with zero attached hydrogens (tertiary/aromatic N) is 1. The molecule has 1 aliphatic heterocycles. The fourth-order valence-electron chi connectivity index (χ4n) is 5.78. The second kappa shape index (κ2) is 14.2. The standard InChI is InChI=1S/C31H32F7N3O6/c1-4-46-29(44)23(17-7-9-39-10-8-17)24-22(32)12-20-25(27(24)45-3)41(15-30(33,34)35)14-21(26(20)42)28(43)40-13-18-5-6-19(11-16(18)2)47-31(36,37)38/h5-6,11-12,14,17,23,39H,4,7-10,13,15H2,1-3H3,(H,40,43). The van der Waals surface area contributed by atoms with Crippen LogP contribution in [0.2, 0.25) is 0 Å². The normalized spacial score (nSPS) is 14.9. The van der Waals surface area contributed by atoms with Crippen LogP contribution in [0.1, 0.15) is 52.7 Å². The number of amides is 1. The van der Waals surface area contributed by atoms with Gasteiger partial charge in [0.15, 0.2) is 0 Å². The number of esters is 1. The van der Waals surface area contributed by atoms with E-state index >= 15 is 4.39 Å². The van der Waals surface area contributed by atoms with Gasteiger partial charge in [0.1, 0.15) is 29.4 Å². The number of aryl methyl sites for hydroxylation is 1. The fraction of sp³-hybridized carbons (Fsp3) is 0.452. The number of ether oxygens (including phenoxy) is 3. The number of methoxy groups -OCH3 is 1. The van der Waals surface area contributed by atoms with Crippen molar-refractivity contribution in [1.82, 2.24) is 15.2 Å². The van der Waals surface area contributed by atoms with Gasteiger partial charge >= 0.3 is 18.5 Å². The van der Waals surface area contributed by atoms with Gasteiger partial charge in [0.05, 0.1) is 30.5 Å². The Kier molecular flexibility index (Phi) is 10.7. The summed E-state index contributed by atoms with van der Waals surface area (Å²) in [4.78, 5) is 40.0. The van der Waals surface area contributed by atoms with Crippen molar-refractivity contribution >= 4 is 22.8 Å². The molecule has 1 amide bonds. The molecule has 47 heavy (non-hydrogen) atoms. The number of nitrogens with one attached hydrogen (secondary N) is 2. The number of carbonyl (C=O) groups excluding carboxylic acids is 2. The predicted octanol–water partition coefficient (Wildman–Crippen LogP) is 5.49. The highest BCUT2D eigenvalue weighted by molar-refractivity contribution is 5.99. The molecule has 1 unspecified atom stereocenters. The Hall–Kier alpha value is -4.34. The monoisotopic (exact) mass is 675 g/mol. The first-order valence-corrected chi connectivity index (χ1v) is 14.6. The number of hydrogen-bond acceptors (Lipinski definition) is 7. The van der Waals surface area contributed by atoms with E-state index in [1.807, 2.05) is 0 Å². The number of benzene rings is 2. The van der Waals surface area contributed by atoms with Crippen molar-refractivity contribution in [3.8, 4) is 11.5 Å². The van der Waals surface area contributed by atoms with Gasteiger partial charge < -0.3 is 29.4 Å². The van der Waals surface area contributed by atoms with Crippen LogP contribution in [-0.4, -0.2) is 55.8 Å². The third-order valence-electron chi connectivity index (χ3n) is 7.80. The zero-order valence-corrected chi connectivity index (χ0v) is 25.5. The van der Waals surface area contributed by atoms with Gasteiger partial charge in [-0.2, -0.15) is 13.2 Å². The maximum atomic E-state index is 16.0. The molecule has 16 heteroatoms. The number of alkyl halides is 6. The van der Waals surface area contributed by atoms with Crippen molar-refractivity contribution in [2.24, 2.45) is 5.92 Å². The lowest BCUT2D eigenvalue weighted by atomic mass is 9.79. The minimum absolute atomic E-state index is 0.0416. The van der Waals surface area contributed by atoms with Gasteiger partial charge in [-0.05, 0) is 75.0 Å². The molecule has 0 aliphatic carbocycles. The maximum Gasteiger partial charge on any atom is 0.573 e. The summed E-state index contributed by atoms with van der Waals surface area (Å²) in [7, 11) is 1.07. The van der Waals surface area contributed by atoms with Crippen molar-refractivity contribution in [3.05, 3.63) is 68.8 Å². The van der Waals surface area contributed by atoms with E-state index < -0.39 is 82.0 Å². The average Bonchev–Trinajstić information content (AvgIpc) is 2.97. The molecular weight excluding hydrogens is 643 g/mol. The lowest BCUT2D eigenvalue weighted by molar-refractivity contribution is -0.274. The summed E-state index contributed by atoms with van der Waals surface area (Å²) in [5.41, 5.74) is -2.09. The molecule has 0 radical (unpaired) electrons. The highest BCUT2D eigenvalue weighted by atomic mass is 19.4. The van der Waals surface area contributed by atoms with Gasteiger partial charge in [0, 0.05) is 18.3 Å². The van der Waals surface area contributed by atoms with E-state index in [9.17, 15) is 40.7 Å². The number of piperidine rings is 1. The summed E-state index contributed by atoms with van der Waals surface area (Å²) in [5.74, 6) is -5.71. The van der Waals surface area contributed by atoms with Gasteiger partial charge in [-0.15, -0.1) is 13.2 Å². The van der Waals surface area contributed by atoms with Gasteiger partial charge in [-0.25, -0.2) is 4.39 Å². The van der Waals surface area contributed by atoms with Crippen molar-refractivity contribution in [2.45, 2.75) is 58.2 Å². The minimum atomic E-state index is -4.93. The molecule has 0 bridgehead atoms. The number of halogens is 7. The Balaban J connectivity index is 1.82. The Labute approximate surface area is 264 Å². The van der Waals surface area contributed by atoms with Gasteiger partial charge in [-0.3, -0.25) is 14.4 Å². The van der Waals surface area contributed by atoms with E-state index in [1.54, 1.807) is 6.92 Å². The van der Waals surface area contributed by atoms with E-state index in [2.05, 4.69) is 15.4 Å². The zero-order valence-electron chi connectivity index (χ0n) is 25.5. The topological polar surface area (TPSA) is 108 Å². The van der Waals surface area contributed by atoms with E-state index in [0.29, 0.717) is 48.3 Å². The van der Waals surface area contributed by atoms with Crippen LogP contribution in [0.4, 0.5) is 30.7 Å². The van der Waals surface area contributed by atoms with Crippen LogP contribution in [0.25, 0.3) is 10.9 Å². The number of hydrogen-bond donors (Lipinski definition) is 2. The second-order valence-corrected chi connectivity index (χ2v) is 11.0. The molecule has 2 aromatic carbocycles. The Bertz CT molecular complexity index is 1700. The Morgan fingerprint density at radius 2 is 1.79 bits per heavy atom. The maximum absolute atomic E-state index is 16.0. The first-order valence-electron chi connectivity index (χ1n) is 14.6. The van der Waals surface area contributed by atoms with Gasteiger partial charge in [-0.1, -0.05) is 6.07 Å². The van der Waals surface area contributed by atoms with E-state index in [4.69, 9.17) is 9.47 Å². The molecule has 0 saturated carbocycles. The minimum Gasteiger partial charge on any atom is -0.494 e. The summed E-state index contributed by atoms with van der Waals surface area (Å²) < 4.78 is 110. The Morgan fingerprint density at radius 1 is 1.11 bits per heavy atom. The summed E-state index contributed by atoms with van der Waals surface area (Å²) >= 11 is 0. The summed E-state index contributed by atoms with van der Waals surface area (Å²) in [6.07, 6.45) is -8.27. The van der Waals surface area contributed by atoms with Gasteiger partial charge in [0.2, 0.25) is 5.43 Å². The van der Waals surface area contributed by atoms with Crippen LogP contribution in [-0.2, 0) is 22.6 Å². The lowest BCUT2D eigenvalue weighted by Gasteiger charge is -2.31. The largest absolute Gasteiger partial charge is 0.573 e. The summed E-state index contributed by atoms with van der Waals surface area (Å²) in [6, 6.07) is 4.01. The quantitative estimate of drug-likeness (QED) is 0.216. The van der Waals surface area contributed by atoms with Crippen molar-refractivity contribution in [3.63, 3.8) is 0 Å². The van der Waals surface area contributed by atoms with Crippen LogP contribution >= 0.6 is 0 Å². The molecule has 1 fully saturated rings. The number of pyridine rings is 1. The molecule has 1 atom stereocenters. The zero-order chi connectivity index (χ0) is 34.7.